The summed E-state index contributed by atoms with van der Waals surface area (Å²) < 4.78 is 47.9. The van der Waals surface area contributed by atoms with Gasteiger partial charge in [-0.25, -0.2) is 23.1 Å². The van der Waals surface area contributed by atoms with E-state index in [0.29, 0.717) is 34.6 Å². The number of fused-ring (bicyclic) bond motifs is 3. The monoisotopic (exact) mass is 547 g/mol. The van der Waals surface area contributed by atoms with Crippen LogP contribution in [0.4, 0.5) is 19.0 Å². The molecule has 0 spiro atoms. The predicted molar refractivity (Wildman–Crippen MR) is 147 cm³/mol. The summed E-state index contributed by atoms with van der Waals surface area (Å²) >= 11 is 0. The van der Waals surface area contributed by atoms with Crippen LogP contribution in [0.5, 0.6) is 11.8 Å². The molecular formula is C30H28F3N5O2. The number of methoxy groups -OCH3 is 1. The fourth-order valence-electron chi connectivity index (χ4n) is 5.85. The van der Waals surface area contributed by atoms with E-state index in [-0.39, 0.29) is 34.1 Å². The first kappa shape index (κ1) is 26.1. The van der Waals surface area contributed by atoms with Crippen LogP contribution < -0.4 is 9.64 Å². The number of phenolic OH excluding ortho intramolecular Hbond substituents is 1. The second-order valence-electron chi connectivity index (χ2n) is 10.3. The van der Waals surface area contributed by atoms with Gasteiger partial charge in [-0.05, 0) is 55.8 Å². The lowest BCUT2D eigenvalue weighted by Gasteiger charge is -2.33. The van der Waals surface area contributed by atoms with E-state index in [1.807, 2.05) is 4.90 Å². The molecule has 2 unspecified atom stereocenters. The molecule has 3 aliphatic heterocycles. The summed E-state index contributed by atoms with van der Waals surface area (Å²) in [5, 5.41) is 11.5. The average molecular weight is 548 g/mol. The Morgan fingerprint density at radius 3 is 2.65 bits per heavy atom. The molecule has 0 saturated carbocycles. The molecule has 2 aromatic carbocycles. The number of halogens is 3. The number of nitrogens with zero attached hydrogens (tertiary/aromatic N) is 5. The Morgan fingerprint density at radius 1 is 1.12 bits per heavy atom. The number of ether oxygens (including phenoxy) is 1. The van der Waals surface area contributed by atoms with Gasteiger partial charge in [-0.15, -0.1) is 6.42 Å². The zero-order valence-electron chi connectivity index (χ0n) is 22.0. The molecule has 0 radical (unpaired) electrons. The van der Waals surface area contributed by atoms with Crippen molar-refractivity contribution in [2.75, 3.05) is 38.2 Å². The van der Waals surface area contributed by atoms with Gasteiger partial charge in [-0.3, -0.25) is 4.90 Å². The first-order valence-electron chi connectivity index (χ1n) is 13.3. The summed E-state index contributed by atoms with van der Waals surface area (Å²) in [6.07, 6.45) is 10.8. The van der Waals surface area contributed by atoms with E-state index >= 15 is 4.39 Å². The van der Waals surface area contributed by atoms with Crippen molar-refractivity contribution in [3.05, 3.63) is 47.7 Å². The molecule has 10 heteroatoms. The second kappa shape index (κ2) is 10.5. The summed E-state index contributed by atoms with van der Waals surface area (Å²) in [5.41, 5.74) is 0.0906. The fraction of sp³-hybridized carbons (Fsp3) is 0.367. The number of benzene rings is 2. The smallest absolute Gasteiger partial charge is 0.316 e. The van der Waals surface area contributed by atoms with Crippen molar-refractivity contribution in [1.29, 1.82) is 0 Å². The number of phenols is 1. The predicted octanol–water partition coefficient (Wildman–Crippen LogP) is 5.22. The molecule has 2 atom stereocenters. The summed E-state index contributed by atoms with van der Waals surface area (Å²) in [6, 6.07) is 6.09. The number of rotatable bonds is 3. The van der Waals surface area contributed by atoms with E-state index in [1.165, 1.54) is 50.4 Å². The lowest BCUT2D eigenvalue weighted by atomic mass is 9.95. The van der Waals surface area contributed by atoms with Crippen LogP contribution in [0.2, 0.25) is 0 Å². The van der Waals surface area contributed by atoms with Crippen LogP contribution in [-0.2, 0) is 0 Å². The highest BCUT2D eigenvalue weighted by atomic mass is 19.1. The van der Waals surface area contributed by atoms with Gasteiger partial charge in [-0.2, -0.15) is 4.98 Å². The zero-order chi connectivity index (χ0) is 28.0. The van der Waals surface area contributed by atoms with Crippen LogP contribution in [0.15, 0.2) is 30.5 Å². The van der Waals surface area contributed by atoms with Gasteiger partial charge in [0.2, 0.25) is 0 Å². The number of aromatic nitrogens is 3. The minimum absolute atomic E-state index is 0.00855. The van der Waals surface area contributed by atoms with E-state index in [9.17, 15) is 13.9 Å². The standard InChI is InChI=1S/C23H16F2N4O2.C7H12FN/c1-3-14-17(24)6-5-12-9-13(30)10-15(18(12)14)20-19(25)21-16(11-26-23(28-21)31-2)22(27-20)29-7-4-8-29;8-6-4-7-2-1-3-9(7)5-6/h1,5-6,9-11,30H,4,7-8H2,2H3;6-7H,1-5H2. The summed E-state index contributed by atoms with van der Waals surface area (Å²) in [5.74, 6) is 1.38. The summed E-state index contributed by atoms with van der Waals surface area (Å²) in [6.45, 7) is 3.37. The van der Waals surface area contributed by atoms with Gasteiger partial charge in [0.1, 0.15) is 34.8 Å². The highest BCUT2D eigenvalue weighted by molar-refractivity contribution is 6.03. The molecule has 4 aromatic rings. The lowest BCUT2D eigenvalue weighted by molar-refractivity contribution is 0.292. The normalized spacial score (nSPS) is 20.1. The van der Waals surface area contributed by atoms with Crippen molar-refractivity contribution in [2.45, 2.75) is 37.9 Å². The third-order valence-electron chi connectivity index (χ3n) is 7.89. The first-order chi connectivity index (χ1) is 19.4. The number of hydrogen-bond donors (Lipinski definition) is 1. The van der Waals surface area contributed by atoms with Crippen molar-refractivity contribution in [3.63, 3.8) is 0 Å². The first-order valence-corrected chi connectivity index (χ1v) is 13.3. The maximum absolute atomic E-state index is 15.8. The van der Waals surface area contributed by atoms with Gasteiger partial charge in [0, 0.05) is 42.8 Å². The lowest BCUT2D eigenvalue weighted by Crippen LogP contribution is -2.38. The third kappa shape index (κ3) is 4.54. The molecule has 7 rings (SSSR count). The highest BCUT2D eigenvalue weighted by Gasteiger charge is 2.34. The maximum Gasteiger partial charge on any atom is 0.316 e. The molecular weight excluding hydrogens is 519 g/mol. The Labute approximate surface area is 229 Å². The van der Waals surface area contributed by atoms with Crippen molar-refractivity contribution in [1.82, 2.24) is 19.9 Å². The largest absolute Gasteiger partial charge is 0.508 e. The van der Waals surface area contributed by atoms with Gasteiger partial charge in [0.05, 0.1) is 18.1 Å². The summed E-state index contributed by atoms with van der Waals surface area (Å²) in [7, 11) is 1.39. The molecule has 2 aromatic heterocycles. The number of pyridine rings is 1. The maximum atomic E-state index is 15.8. The van der Waals surface area contributed by atoms with E-state index in [2.05, 4.69) is 25.8 Å². The minimum Gasteiger partial charge on any atom is -0.508 e. The van der Waals surface area contributed by atoms with E-state index in [4.69, 9.17) is 11.2 Å². The Balaban J connectivity index is 0.000000271. The van der Waals surface area contributed by atoms with Crippen LogP contribution in [0.1, 0.15) is 31.2 Å². The number of terminal acetylenes is 1. The van der Waals surface area contributed by atoms with E-state index in [0.717, 1.165) is 32.5 Å². The molecule has 5 heterocycles. The zero-order valence-corrected chi connectivity index (χ0v) is 22.0. The van der Waals surface area contributed by atoms with Crippen LogP contribution in [0.25, 0.3) is 32.9 Å². The quantitative estimate of drug-likeness (QED) is 0.353. The Kier molecular flexibility index (Phi) is 6.84. The van der Waals surface area contributed by atoms with Crippen LogP contribution in [0, 0.1) is 24.0 Å². The van der Waals surface area contributed by atoms with Crippen LogP contribution in [0.3, 0.4) is 0 Å². The molecule has 1 N–H and O–H groups in total. The molecule has 7 nitrogen and oxygen atoms in total. The molecule has 40 heavy (non-hydrogen) atoms. The SMILES string of the molecule is C#Cc1c(F)ccc2cc(O)cc(-c3nc(N4CCC4)c4cnc(OC)nc4c3F)c12.FC1CC2CCCN2C1. The molecule has 206 valence electrons. The third-order valence-corrected chi connectivity index (χ3v) is 7.89. The topological polar surface area (TPSA) is 74.6 Å². The van der Waals surface area contributed by atoms with Gasteiger partial charge >= 0.3 is 6.01 Å². The Bertz CT molecular complexity index is 1640. The summed E-state index contributed by atoms with van der Waals surface area (Å²) in [4.78, 5) is 17.1. The van der Waals surface area contributed by atoms with Crippen molar-refractivity contribution in [2.24, 2.45) is 0 Å². The Hall–Kier alpha value is -4.10. The number of alkyl halides is 1. The molecule has 0 aliphatic carbocycles. The van der Waals surface area contributed by atoms with E-state index < -0.39 is 17.8 Å². The Morgan fingerprint density at radius 2 is 1.95 bits per heavy atom. The number of anilines is 1. The molecule has 0 amide bonds. The minimum atomic E-state index is -0.737. The van der Waals surface area contributed by atoms with Crippen molar-refractivity contribution in [3.8, 4) is 35.4 Å². The van der Waals surface area contributed by atoms with Gasteiger partial charge in [-0.1, -0.05) is 12.0 Å². The van der Waals surface area contributed by atoms with Crippen LogP contribution >= 0.6 is 0 Å². The van der Waals surface area contributed by atoms with Crippen molar-refractivity contribution >= 4 is 27.5 Å². The van der Waals surface area contributed by atoms with E-state index in [1.54, 1.807) is 0 Å². The second-order valence-corrected chi connectivity index (χ2v) is 10.3. The molecule has 3 saturated heterocycles. The average Bonchev–Trinajstić information content (AvgIpc) is 3.50. The van der Waals surface area contributed by atoms with Gasteiger partial charge < -0.3 is 14.7 Å². The highest BCUT2D eigenvalue weighted by Crippen LogP contribution is 2.40. The number of aromatic hydroxyl groups is 1. The fourth-order valence-corrected chi connectivity index (χ4v) is 5.85. The van der Waals surface area contributed by atoms with Gasteiger partial charge in [0.25, 0.3) is 0 Å². The molecule has 3 fully saturated rings. The molecule has 3 aliphatic rings. The van der Waals surface area contributed by atoms with Gasteiger partial charge in [0.15, 0.2) is 5.82 Å². The molecule has 0 bridgehead atoms. The van der Waals surface area contributed by atoms with Crippen molar-refractivity contribution < 1.29 is 23.0 Å². The van der Waals surface area contributed by atoms with Crippen LogP contribution in [-0.4, -0.2) is 70.5 Å². The number of hydrogen-bond acceptors (Lipinski definition) is 7.